The van der Waals surface area contributed by atoms with E-state index >= 15 is 0 Å². The molecule has 3 aromatic rings. The van der Waals surface area contributed by atoms with Crippen molar-refractivity contribution >= 4 is 33.4 Å². The molecule has 2 aromatic heterocycles. The molecule has 0 spiro atoms. The fraction of sp³-hybridized carbons (Fsp3) is 0.348. The predicted molar refractivity (Wildman–Crippen MR) is 118 cm³/mol. The Morgan fingerprint density at radius 2 is 2.10 bits per heavy atom. The van der Waals surface area contributed by atoms with E-state index in [1.807, 2.05) is 41.3 Å². The highest BCUT2D eigenvalue weighted by molar-refractivity contribution is 7.20. The Bertz CT molecular complexity index is 1080. The smallest absolute Gasteiger partial charge is 0.261 e. The molecule has 0 saturated carbocycles. The molecular weight excluding hydrogens is 398 g/mol. The standard InChI is InChI=1S/C23H25N3O3S/c1-24-22(28)21-20(17-7-5-12-25-23(17)30-21)16-11-13-26(14-16)19(27)10-9-15-6-3-4-8-18(15)29-2/h3-8,12,16H,9-11,13-14H2,1-2H3,(H,24,28)/t16-/m1/s1. The number of carbonyl (C=O) groups excluding carboxylic acids is 2. The van der Waals surface area contributed by atoms with Gasteiger partial charge in [0.25, 0.3) is 5.91 Å². The van der Waals surface area contributed by atoms with Crippen molar-refractivity contribution in [2.75, 3.05) is 27.2 Å². The zero-order valence-corrected chi connectivity index (χ0v) is 18.0. The van der Waals surface area contributed by atoms with Crippen molar-refractivity contribution in [3.05, 3.63) is 58.6 Å². The summed E-state index contributed by atoms with van der Waals surface area (Å²) in [6, 6.07) is 11.7. The minimum absolute atomic E-state index is 0.0889. The molecule has 1 saturated heterocycles. The summed E-state index contributed by atoms with van der Waals surface area (Å²) in [6.45, 7) is 1.34. The van der Waals surface area contributed by atoms with Crippen molar-refractivity contribution in [3.63, 3.8) is 0 Å². The van der Waals surface area contributed by atoms with Crippen LogP contribution in [0, 0.1) is 0 Å². The van der Waals surface area contributed by atoms with Crippen molar-refractivity contribution in [2.24, 2.45) is 0 Å². The van der Waals surface area contributed by atoms with Gasteiger partial charge in [-0.2, -0.15) is 0 Å². The van der Waals surface area contributed by atoms with Crippen LogP contribution in [0.15, 0.2) is 42.6 Å². The lowest BCUT2D eigenvalue weighted by Crippen LogP contribution is -2.29. The third kappa shape index (κ3) is 3.89. The molecular formula is C23H25N3O3S. The molecule has 7 heteroatoms. The lowest BCUT2D eigenvalue weighted by molar-refractivity contribution is -0.130. The first-order valence-corrected chi connectivity index (χ1v) is 10.9. The molecule has 30 heavy (non-hydrogen) atoms. The maximum atomic E-state index is 12.9. The summed E-state index contributed by atoms with van der Waals surface area (Å²) >= 11 is 1.42. The number of para-hydroxylation sites is 1. The van der Waals surface area contributed by atoms with Gasteiger partial charge in [0, 0.05) is 44.1 Å². The second kappa shape index (κ2) is 8.83. The van der Waals surface area contributed by atoms with Crippen molar-refractivity contribution in [2.45, 2.75) is 25.2 Å². The molecule has 0 bridgehead atoms. The number of nitrogens with zero attached hydrogens (tertiary/aromatic N) is 2. The van der Waals surface area contributed by atoms with E-state index in [4.69, 9.17) is 4.74 Å². The first-order chi connectivity index (χ1) is 14.6. The number of pyridine rings is 1. The number of ether oxygens (including phenoxy) is 1. The molecule has 1 aromatic carbocycles. The van der Waals surface area contributed by atoms with Crippen LogP contribution in [-0.4, -0.2) is 48.9 Å². The molecule has 1 N–H and O–H groups in total. The van der Waals surface area contributed by atoms with E-state index < -0.39 is 0 Å². The van der Waals surface area contributed by atoms with E-state index in [0.717, 1.165) is 33.5 Å². The Labute approximate surface area is 179 Å². The van der Waals surface area contributed by atoms with Crippen LogP contribution in [-0.2, 0) is 11.2 Å². The molecule has 6 nitrogen and oxygen atoms in total. The number of rotatable bonds is 6. The summed E-state index contributed by atoms with van der Waals surface area (Å²) in [7, 11) is 3.29. The molecule has 1 aliphatic rings. The molecule has 156 valence electrons. The van der Waals surface area contributed by atoms with Crippen LogP contribution >= 0.6 is 11.3 Å². The Kier molecular flexibility index (Phi) is 5.99. The molecule has 1 fully saturated rings. The monoisotopic (exact) mass is 423 g/mol. The highest BCUT2D eigenvalue weighted by atomic mass is 32.1. The van der Waals surface area contributed by atoms with Gasteiger partial charge in [0.2, 0.25) is 5.91 Å². The number of benzene rings is 1. The summed E-state index contributed by atoms with van der Waals surface area (Å²) in [5.41, 5.74) is 2.07. The van der Waals surface area contributed by atoms with Gasteiger partial charge < -0.3 is 15.0 Å². The van der Waals surface area contributed by atoms with E-state index in [1.165, 1.54) is 11.3 Å². The van der Waals surface area contributed by atoms with Crippen LogP contribution < -0.4 is 10.1 Å². The molecule has 0 radical (unpaired) electrons. The van der Waals surface area contributed by atoms with E-state index in [9.17, 15) is 9.59 Å². The molecule has 2 amide bonds. The molecule has 3 heterocycles. The zero-order valence-electron chi connectivity index (χ0n) is 17.2. The summed E-state index contributed by atoms with van der Waals surface area (Å²) in [6.07, 6.45) is 3.70. The van der Waals surface area contributed by atoms with Gasteiger partial charge in [-0.25, -0.2) is 4.98 Å². The van der Waals surface area contributed by atoms with E-state index in [1.54, 1.807) is 20.4 Å². The zero-order chi connectivity index (χ0) is 21.1. The van der Waals surface area contributed by atoms with Gasteiger partial charge in [0.15, 0.2) is 0 Å². The van der Waals surface area contributed by atoms with Crippen molar-refractivity contribution in [1.29, 1.82) is 0 Å². The van der Waals surface area contributed by atoms with Crippen LogP contribution in [0.3, 0.4) is 0 Å². The van der Waals surface area contributed by atoms with Crippen LogP contribution in [0.1, 0.15) is 39.6 Å². The lowest BCUT2D eigenvalue weighted by atomic mass is 9.95. The summed E-state index contributed by atoms with van der Waals surface area (Å²) in [4.78, 5) is 33.3. The Balaban J connectivity index is 1.49. The normalized spacial score (nSPS) is 16.1. The number of aromatic nitrogens is 1. The number of likely N-dealkylation sites (tertiary alicyclic amines) is 1. The number of hydrogen-bond acceptors (Lipinski definition) is 5. The van der Waals surface area contributed by atoms with Gasteiger partial charge >= 0.3 is 0 Å². The van der Waals surface area contributed by atoms with Gasteiger partial charge in [0.05, 0.1) is 12.0 Å². The average Bonchev–Trinajstić information content (AvgIpc) is 3.41. The third-order valence-corrected chi connectivity index (χ3v) is 6.82. The minimum Gasteiger partial charge on any atom is -0.496 e. The van der Waals surface area contributed by atoms with Gasteiger partial charge in [-0.15, -0.1) is 11.3 Å². The molecule has 0 aliphatic carbocycles. The van der Waals surface area contributed by atoms with Crippen molar-refractivity contribution in [1.82, 2.24) is 15.2 Å². The maximum Gasteiger partial charge on any atom is 0.261 e. The van der Waals surface area contributed by atoms with Crippen LogP contribution in [0.5, 0.6) is 5.75 Å². The molecule has 4 rings (SSSR count). The van der Waals surface area contributed by atoms with Gasteiger partial charge in [-0.1, -0.05) is 24.3 Å². The quantitative estimate of drug-likeness (QED) is 0.657. The Morgan fingerprint density at radius 3 is 2.90 bits per heavy atom. The number of hydrogen-bond donors (Lipinski definition) is 1. The van der Waals surface area contributed by atoms with Gasteiger partial charge in [-0.05, 0) is 36.1 Å². The molecule has 0 unspecified atom stereocenters. The highest BCUT2D eigenvalue weighted by Gasteiger charge is 2.32. The first-order valence-electron chi connectivity index (χ1n) is 10.1. The summed E-state index contributed by atoms with van der Waals surface area (Å²) in [5.74, 6) is 1.01. The van der Waals surface area contributed by atoms with Crippen molar-refractivity contribution < 1.29 is 14.3 Å². The van der Waals surface area contributed by atoms with Crippen LogP contribution in [0.25, 0.3) is 10.2 Å². The van der Waals surface area contributed by atoms with E-state index in [-0.39, 0.29) is 17.7 Å². The van der Waals surface area contributed by atoms with Crippen LogP contribution in [0.4, 0.5) is 0 Å². The second-order valence-corrected chi connectivity index (χ2v) is 8.42. The average molecular weight is 424 g/mol. The predicted octanol–water partition coefficient (Wildman–Crippen LogP) is 3.61. The Morgan fingerprint density at radius 1 is 1.27 bits per heavy atom. The maximum absolute atomic E-state index is 12.9. The first kappa shape index (κ1) is 20.3. The largest absolute Gasteiger partial charge is 0.496 e. The third-order valence-electron chi connectivity index (χ3n) is 5.69. The summed E-state index contributed by atoms with van der Waals surface area (Å²) < 4.78 is 5.39. The fourth-order valence-corrected chi connectivity index (χ4v) is 5.35. The van der Waals surface area contributed by atoms with Gasteiger partial charge in [0.1, 0.15) is 10.6 Å². The van der Waals surface area contributed by atoms with Gasteiger partial charge in [-0.3, -0.25) is 9.59 Å². The molecule has 1 atom stereocenters. The molecule has 1 aliphatic heterocycles. The highest BCUT2D eigenvalue weighted by Crippen LogP contribution is 2.39. The number of thiophene rings is 1. The lowest BCUT2D eigenvalue weighted by Gasteiger charge is -2.17. The second-order valence-electron chi connectivity index (χ2n) is 7.42. The number of aryl methyl sites for hydroxylation is 1. The minimum atomic E-state index is -0.0889. The fourth-order valence-electron chi connectivity index (χ4n) is 4.17. The van der Waals surface area contributed by atoms with Crippen LogP contribution in [0.2, 0.25) is 0 Å². The topological polar surface area (TPSA) is 71.5 Å². The number of methoxy groups -OCH3 is 1. The van der Waals surface area contributed by atoms with Crippen molar-refractivity contribution in [3.8, 4) is 5.75 Å². The Hall–Kier alpha value is -2.93. The number of fused-ring (bicyclic) bond motifs is 1. The SMILES string of the molecule is CNC(=O)c1sc2ncccc2c1[C@@H]1CCN(C(=O)CCc2ccccc2OC)C1. The van der Waals surface area contributed by atoms with E-state index in [0.29, 0.717) is 30.8 Å². The number of carbonyl (C=O) groups is 2. The van der Waals surface area contributed by atoms with E-state index in [2.05, 4.69) is 10.3 Å². The number of nitrogens with one attached hydrogen (secondary N) is 1. The summed E-state index contributed by atoms with van der Waals surface area (Å²) in [5, 5.41) is 3.76. The number of amides is 2.